The van der Waals surface area contributed by atoms with Gasteiger partial charge in [0.15, 0.2) is 5.82 Å². The molecule has 8 heteroatoms. The molecular formula is C21H28N6O2. The average Bonchev–Trinajstić information content (AvgIpc) is 3.37. The van der Waals surface area contributed by atoms with Gasteiger partial charge in [-0.25, -0.2) is 0 Å². The van der Waals surface area contributed by atoms with E-state index in [2.05, 4.69) is 37.8 Å². The molecule has 2 aromatic heterocycles. The van der Waals surface area contributed by atoms with Crippen LogP contribution in [0.1, 0.15) is 75.5 Å². The monoisotopic (exact) mass is 396 g/mol. The molecule has 0 fully saturated rings. The van der Waals surface area contributed by atoms with E-state index in [1.807, 2.05) is 45.9 Å². The van der Waals surface area contributed by atoms with Crippen LogP contribution in [0, 0.1) is 0 Å². The number of allylic oxidation sites excluding steroid dienone is 1. The zero-order valence-electron chi connectivity index (χ0n) is 17.7. The Morgan fingerprint density at radius 2 is 1.93 bits per heavy atom. The Labute approximate surface area is 171 Å². The van der Waals surface area contributed by atoms with Gasteiger partial charge in [-0.2, -0.15) is 0 Å². The number of rotatable bonds is 9. The molecule has 29 heavy (non-hydrogen) atoms. The van der Waals surface area contributed by atoms with Gasteiger partial charge in [-0.05, 0) is 36.3 Å². The molecular weight excluding hydrogens is 368 g/mol. The first-order valence-electron chi connectivity index (χ1n) is 9.95. The smallest absolute Gasteiger partial charge is 0.219 e. The van der Waals surface area contributed by atoms with Crippen molar-refractivity contribution in [2.75, 3.05) is 7.11 Å². The Morgan fingerprint density at radius 1 is 1.10 bits per heavy atom. The van der Waals surface area contributed by atoms with Crippen LogP contribution in [-0.2, 0) is 6.42 Å². The standard InChI is InChI=1S/C21H28N6O2/c1-14(2)20-23-26-27(25-20)17-11-12-18(28-5)16(13-17)9-7-6-8-10-19-22-24-21(29-19)15(3)4/h7,9,11-15H,6,8,10H2,1-5H3. The molecule has 0 aliphatic carbocycles. The highest BCUT2D eigenvalue weighted by atomic mass is 16.5. The number of nitrogens with zero attached hydrogens (tertiary/aromatic N) is 6. The zero-order valence-corrected chi connectivity index (χ0v) is 17.7. The predicted molar refractivity (Wildman–Crippen MR) is 110 cm³/mol. The number of aryl methyl sites for hydroxylation is 1. The van der Waals surface area contributed by atoms with Gasteiger partial charge in [0.05, 0.1) is 12.8 Å². The van der Waals surface area contributed by atoms with Crippen LogP contribution in [0.4, 0.5) is 0 Å². The van der Waals surface area contributed by atoms with E-state index >= 15 is 0 Å². The first-order valence-corrected chi connectivity index (χ1v) is 9.95. The van der Waals surface area contributed by atoms with Crippen LogP contribution < -0.4 is 4.74 Å². The lowest BCUT2D eigenvalue weighted by Gasteiger charge is -2.07. The summed E-state index contributed by atoms with van der Waals surface area (Å²) in [6.45, 7) is 8.17. The fourth-order valence-electron chi connectivity index (χ4n) is 2.72. The molecule has 0 spiro atoms. The molecule has 0 aliphatic heterocycles. The van der Waals surface area contributed by atoms with E-state index in [0.717, 1.165) is 42.1 Å². The maximum atomic E-state index is 5.64. The van der Waals surface area contributed by atoms with Crippen molar-refractivity contribution in [1.29, 1.82) is 0 Å². The Morgan fingerprint density at radius 3 is 2.59 bits per heavy atom. The Balaban J connectivity index is 1.63. The lowest BCUT2D eigenvalue weighted by atomic mass is 10.1. The van der Waals surface area contributed by atoms with Crippen molar-refractivity contribution in [3.05, 3.63) is 47.4 Å². The fraction of sp³-hybridized carbons (Fsp3) is 0.476. The van der Waals surface area contributed by atoms with Crippen LogP contribution in [0.5, 0.6) is 5.75 Å². The van der Waals surface area contributed by atoms with Crippen LogP contribution in [0.25, 0.3) is 11.8 Å². The average molecular weight is 396 g/mol. The van der Waals surface area contributed by atoms with Crippen LogP contribution >= 0.6 is 0 Å². The summed E-state index contributed by atoms with van der Waals surface area (Å²) in [7, 11) is 1.67. The molecule has 154 valence electrons. The van der Waals surface area contributed by atoms with Gasteiger partial charge in [-0.1, -0.05) is 39.8 Å². The molecule has 0 saturated carbocycles. The molecule has 1 aromatic carbocycles. The van der Waals surface area contributed by atoms with Crippen molar-refractivity contribution < 1.29 is 9.15 Å². The first kappa shape index (κ1) is 20.7. The number of unbranched alkanes of at least 4 members (excludes halogenated alkanes) is 1. The zero-order chi connectivity index (χ0) is 20.8. The van der Waals surface area contributed by atoms with Gasteiger partial charge in [0, 0.05) is 23.8 Å². The summed E-state index contributed by atoms with van der Waals surface area (Å²) in [6.07, 6.45) is 6.76. The Kier molecular flexibility index (Phi) is 6.74. The maximum Gasteiger partial charge on any atom is 0.219 e. The third-order valence-corrected chi connectivity index (χ3v) is 4.42. The summed E-state index contributed by atoms with van der Waals surface area (Å²) < 4.78 is 11.1. The fourth-order valence-corrected chi connectivity index (χ4v) is 2.72. The maximum absolute atomic E-state index is 5.64. The van der Waals surface area contributed by atoms with Gasteiger partial charge in [-0.15, -0.1) is 25.2 Å². The highest BCUT2D eigenvalue weighted by Crippen LogP contribution is 2.23. The number of tetrazole rings is 1. The molecule has 8 nitrogen and oxygen atoms in total. The number of hydrogen-bond donors (Lipinski definition) is 0. The van der Waals surface area contributed by atoms with Gasteiger partial charge >= 0.3 is 0 Å². The minimum Gasteiger partial charge on any atom is -0.496 e. The van der Waals surface area contributed by atoms with E-state index in [1.54, 1.807) is 11.9 Å². The van der Waals surface area contributed by atoms with E-state index in [-0.39, 0.29) is 11.8 Å². The van der Waals surface area contributed by atoms with Crippen LogP contribution in [-0.4, -0.2) is 37.5 Å². The van der Waals surface area contributed by atoms with E-state index in [0.29, 0.717) is 11.8 Å². The van der Waals surface area contributed by atoms with E-state index in [9.17, 15) is 0 Å². The highest BCUT2D eigenvalue weighted by molar-refractivity contribution is 5.60. The molecule has 3 aromatic rings. The molecule has 0 N–H and O–H groups in total. The second-order valence-electron chi connectivity index (χ2n) is 7.50. The van der Waals surface area contributed by atoms with Crippen LogP contribution in [0.3, 0.4) is 0 Å². The van der Waals surface area contributed by atoms with E-state index in [1.165, 1.54) is 0 Å². The summed E-state index contributed by atoms with van der Waals surface area (Å²) >= 11 is 0. The lowest BCUT2D eigenvalue weighted by molar-refractivity contribution is 0.413. The number of aromatic nitrogens is 6. The van der Waals surface area contributed by atoms with Crippen molar-refractivity contribution in [3.8, 4) is 11.4 Å². The Hall–Kier alpha value is -3.03. The number of benzene rings is 1. The Bertz CT molecular complexity index is 958. The lowest BCUT2D eigenvalue weighted by Crippen LogP contribution is -2.01. The van der Waals surface area contributed by atoms with Crippen molar-refractivity contribution in [2.45, 2.75) is 58.8 Å². The largest absolute Gasteiger partial charge is 0.496 e. The van der Waals surface area contributed by atoms with Crippen LogP contribution in [0.15, 0.2) is 28.7 Å². The summed E-state index contributed by atoms with van der Waals surface area (Å²) in [4.78, 5) is 1.55. The predicted octanol–water partition coefficient (Wildman–Crippen LogP) is 4.34. The van der Waals surface area contributed by atoms with E-state index in [4.69, 9.17) is 9.15 Å². The summed E-state index contributed by atoms with van der Waals surface area (Å²) in [5, 5.41) is 20.9. The second-order valence-corrected chi connectivity index (χ2v) is 7.50. The molecule has 0 bridgehead atoms. The van der Waals surface area contributed by atoms with Gasteiger partial charge in [0.2, 0.25) is 11.8 Å². The normalized spacial score (nSPS) is 11.8. The van der Waals surface area contributed by atoms with Crippen LogP contribution in [0.2, 0.25) is 0 Å². The molecule has 0 atom stereocenters. The number of hydrogen-bond acceptors (Lipinski definition) is 7. The van der Waals surface area contributed by atoms with Gasteiger partial charge in [-0.3, -0.25) is 0 Å². The third kappa shape index (κ3) is 5.28. The molecule has 0 radical (unpaired) electrons. The third-order valence-electron chi connectivity index (χ3n) is 4.42. The molecule has 2 heterocycles. The second kappa shape index (κ2) is 9.45. The van der Waals surface area contributed by atoms with Gasteiger partial charge in [0.1, 0.15) is 5.75 Å². The van der Waals surface area contributed by atoms with E-state index < -0.39 is 0 Å². The summed E-state index contributed by atoms with van der Waals surface area (Å²) in [6, 6.07) is 5.83. The summed E-state index contributed by atoms with van der Waals surface area (Å²) in [5.41, 5.74) is 1.81. The first-order chi connectivity index (χ1) is 14.0. The topological polar surface area (TPSA) is 91.8 Å². The van der Waals surface area contributed by atoms with Crippen molar-refractivity contribution >= 4 is 6.08 Å². The molecule has 0 saturated heterocycles. The van der Waals surface area contributed by atoms with Gasteiger partial charge in [0.25, 0.3) is 0 Å². The quantitative estimate of drug-likeness (QED) is 0.497. The molecule has 0 amide bonds. The number of ether oxygens (including phenoxy) is 1. The van der Waals surface area contributed by atoms with Gasteiger partial charge < -0.3 is 9.15 Å². The van der Waals surface area contributed by atoms with Crippen molar-refractivity contribution in [1.82, 2.24) is 30.4 Å². The SMILES string of the molecule is COc1ccc(-n2nnc(C(C)C)n2)cc1C=CCCCc1nnc(C(C)C)o1. The van der Waals surface area contributed by atoms with Crippen molar-refractivity contribution in [3.63, 3.8) is 0 Å². The number of methoxy groups -OCH3 is 1. The molecule has 0 unspecified atom stereocenters. The summed E-state index contributed by atoms with van der Waals surface area (Å²) in [5.74, 6) is 3.40. The minimum atomic E-state index is 0.233. The molecule has 3 rings (SSSR count). The minimum absolute atomic E-state index is 0.233. The molecule has 0 aliphatic rings. The van der Waals surface area contributed by atoms with Crippen molar-refractivity contribution in [2.24, 2.45) is 0 Å². The highest BCUT2D eigenvalue weighted by Gasteiger charge is 2.11.